The lowest BCUT2D eigenvalue weighted by molar-refractivity contribution is -0.139. The number of fused-ring (bicyclic) bond motifs is 1. The summed E-state index contributed by atoms with van der Waals surface area (Å²) in [6, 6.07) is 5.60. The Bertz CT molecular complexity index is 1130. The van der Waals surface area contributed by atoms with E-state index in [1.165, 1.54) is 13.1 Å². The zero-order chi connectivity index (χ0) is 26.5. The molecule has 35 heavy (non-hydrogen) atoms. The van der Waals surface area contributed by atoms with Crippen molar-refractivity contribution in [1.29, 1.82) is 0 Å². The minimum atomic E-state index is -1.15. The predicted molar refractivity (Wildman–Crippen MR) is 131 cm³/mol. The van der Waals surface area contributed by atoms with E-state index in [-0.39, 0.29) is 0 Å². The zero-order valence-electron chi connectivity index (χ0n) is 20.8. The normalized spacial score (nSPS) is 14.0. The van der Waals surface area contributed by atoms with Crippen LogP contribution < -0.4 is 21.7 Å². The number of aromatic nitrogens is 1. The summed E-state index contributed by atoms with van der Waals surface area (Å²) in [6.07, 6.45) is 1.52. The molecule has 0 fully saturated rings. The number of pyridine rings is 1. The van der Waals surface area contributed by atoms with Crippen LogP contribution in [0.15, 0.2) is 36.5 Å². The highest BCUT2D eigenvalue weighted by Gasteiger charge is 2.35. The van der Waals surface area contributed by atoms with E-state index in [1.54, 1.807) is 58.9 Å². The summed E-state index contributed by atoms with van der Waals surface area (Å²) in [5, 5.41) is 8.48. The van der Waals surface area contributed by atoms with Crippen molar-refractivity contribution in [2.45, 2.75) is 59.7 Å². The average Bonchev–Trinajstić information content (AvgIpc) is 2.78. The topological polar surface area (TPSA) is 160 Å². The van der Waals surface area contributed by atoms with Crippen LogP contribution >= 0.6 is 0 Å². The molecule has 0 aliphatic rings. The van der Waals surface area contributed by atoms with Gasteiger partial charge in [0.15, 0.2) is 0 Å². The third-order valence-corrected chi connectivity index (χ3v) is 5.54. The van der Waals surface area contributed by atoms with Crippen LogP contribution in [0.5, 0.6) is 0 Å². The Balaban J connectivity index is 2.18. The van der Waals surface area contributed by atoms with Crippen LogP contribution in [-0.2, 0) is 19.2 Å². The Morgan fingerprint density at radius 1 is 0.886 bits per heavy atom. The molecule has 1 aromatic heterocycles. The number of carbonyl (C=O) groups excluding carboxylic acids is 5. The van der Waals surface area contributed by atoms with E-state index in [0.29, 0.717) is 16.5 Å². The van der Waals surface area contributed by atoms with Gasteiger partial charge < -0.3 is 21.7 Å². The van der Waals surface area contributed by atoms with Crippen LogP contribution in [0, 0.1) is 11.3 Å². The molecule has 5 N–H and O–H groups in total. The minimum absolute atomic E-state index is 0.369. The van der Waals surface area contributed by atoms with Crippen LogP contribution in [0.1, 0.15) is 51.9 Å². The maximum absolute atomic E-state index is 13.1. The molecule has 0 bridgehead atoms. The van der Waals surface area contributed by atoms with Gasteiger partial charge in [-0.1, -0.05) is 52.8 Å². The largest absolute Gasteiger partial charge is 0.363 e. The summed E-state index contributed by atoms with van der Waals surface area (Å²) in [6.45, 7) is 10.1. The molecule has 10 heteroatoms. The van der Waals surface area contributed by atoms with Crippen LogP contribution in [0.2, 0.25) is 0 Å². The highest BCUT2D eigenvalue weighted by atomic mass is 16.2. The van der Waals surface area contributed by atoms with Crippen LogP contribution in [0.3, 0.4) is 0 Å². The molecule has 2 aromatic rings. The second kappa shape index (κ2) is 11.1. The molecule has 0 saturated carbocycles. The molecule has 0 unspecified atom stereocenters. The van der Waals surface area contributed by atoms with E-state index >= 15 is 0 Å². The molecule has 0 aliphatic heterocycles. The molecule has 4 amide bonds. The number of para-hydroxylation sites is 1. The first-order valence-corrected chi connectivity index (χ1v) is 11.3. The number of nitrogens with two attached hydrogens (primary N) is 1. The Hall–Kier alpha value is -3.82. The van der Waals surface area contributed by atoms with Gasteiger partial charge in [0, 0.05) is 11.6 Å². The number of nitrogens with zero attached hydrogens (tertiary/aromatic N) is 1. The Kier molecular flexibility index (Phi) is 8.67. The van der Waals surface area contributed by atoms with Crippen molar-refractivity contribution < 1.29 is 24.0 Å². The van der Waals surface area contributed by atoms with Gasteiger partial charge in [0.1, 0.15) is 12.1 Å². The van der Waals surface area contributed by atoms with Gasteiger partial charge >= 0.3 is 0 Å². The lowest BCUT2D eigenvalue weighted by atomic mass is 9.85. The molecule has 10 nitrogen and oxygen atoms in total. The summed E-state index contributed by atoms with van der Waals surface area (Å²) in [5.41, 5.74) is 5.39. The molecule has 188 valence electrons. The van der Waals surface area contributed by atoms with E-state index in [0.717, 1.165) is 0 Å². The van der Waals surface area contributed by atoms with Crippen LogP contribution in [-0.4, -0.2) is 52.5 Å². The molecule has 3 atom stereocenters. The van der Waals surface area contributed by atoms with E-state index in [2.05, 4.69) is 20.9 Å². The number of ketones is 1. The highest BCUT2D eigenvalue weighted by Crippen LogP contribution is 2.22. The number of rotatable bonds is 9. The lowest BCUT2D eigenvalue weighted by Gasteiger charge is -2.31. The first-order chi connectivity index (χ1) is 16.2. The second-order valence-electron chi connectivity index (χ2n) is 9.84. The van der Waals surface area contributed by atoms with E-state index in [9.17, 15) is 24.0 Å². The maximum Gasteiger partial charge on any atom is 0.287 e. The Morgan fingerprint density at radius 3 is 2.09 bits per heavy atom. The molecular formula is C25H33N5O5. The number of primary amides is 1. The van der Waals surface area contributed by atoms with E-state index in [1.807, 2.05) is 6.07 Å². The van der Waals surface area contributed by atoms with Gasteiger partial charge in [0.2, 0.25) is 17.6 Å². The van der Waals surface area contributed by atoms with E-state index in [4.69, 9.17) is 5.73 Å². The van der Waals surface area contributed by atoms with Gasteiger partial charge in [-0.3, -0.25) is 29.0 Å². The summed E-state index contributed by atoms with van der Waals surface area (Å²) in [4.78, 5) is 66.5. The number of hydrogen-bond donors (Lipinski definition) is 4. The first-order valence-electron chi connectivity index (χ1n) is 11.3. The predicted octanol–water partition coefficient (Wildman–Crippen LogP) is 1.08. The van der Waals surface area contributed by atoms with Gasteiger partial charge in [-0.05, 0) is 30.4 Å². The van der Waals surface area contributed by atoms with Gasteiger partial charge in [0.25, 0.3) is 11.8 Å². The Morgan fingerprint density at radius 2 is 1.51 bits per heavy atom. The molecule has 0 radical (unpaired) electrons. The fourth-order valence-electron chi connectivity index (χ4n) is 3.51. The SMILES string of the molecule is CC(C)[C@H](NC(=O)[C@H](C)NC(=O)[C@@H](NC(=O)c1ccnc2ccccc12)C(C)(C)C)C(=O)C(N)=O. The fourth-order valence-corrected chi connectivity index (χ4v) is 3.51. The highest BCUT2D eigenvalue weighted by molar-refractivity contribution is 6.38. The van der Waals surface area contributed by atoms with Crippen molar-refractivity contribution >= 4 is 40.3 Å². The van der Waals surface area contributed by atoms with Gasteiger partial charge in [0.05, 0.1) is 17.1 Å². The monoisotopic (exact) mass is 483 g/mol. The quantitative estimate of drug-likeness (QED) is 0.390. The van der Waals surface area contributed by atoms with Crippen molar-refractivity contribution in [3.63, 3.8) is 0 Å². The second-order valence-corrected chi connectivity index (χ2v) is 9.84. The molecule has 2 rings (SSSR count). The van der Waals surface area contributed by atoms with Gasteiger partial charge in [-0.15, -0.1) is 0 Å². The van der Waals surface area contributed by atoms with Gasteiger partial charge in [-0.2, -0.15) is 0 Å². The Labute approximate surface area is 204 Å². The number of benzene rings is 1. The van der Waals surface area contributed by atoms with Crippen molar-refractivity contribution in [2.75, 3.05) is 0 Å². The number of amides is 4. The zero-order valence-corrected chi connectivity index (χ0v) is 20.8. The standard InChI is InChI=1S/C25H33N5O5/c1-13(2)18(19(31)21(26)32)29-22(33)14(3)28-24(35)20(25(4,5)6)30-23(34)16-11-12-27-17-10-8-7-9-15(16)17/h7-14,18,20H,1-6H3,(H2,26,32)(H,28,35)(H,29,33)(H,30,34)/t14-,18-,20+/m0/s1. The molecule has 0 aliphatic carbocycles. The van der Waals surface area contributed by atoms with Crippen molar-refractivity contribution in [1.82, 2.24) is 20.9 Å². The fraction of sp³-hybridized carbons (Fsp3) is 0.440. The lowest BCUT2D eigenvalue weighted by Crippen LogP contribution is -2.59. The smallest absolute Gasteiger partial charge is 0.287 e. The summed E-state index contributed by atoms with van der Waals surface area (Å²) < 4.78 is 0. The molecule has 0 spiro atoms. The molecular weight excluding hydrogens is 450 g/mol. The third kappa shape index (κ3) is 6.84. The minimum Gasteiger partial charge on any atom is -0.363 e. The maximum atomic E-state index is 13.1. The number of carbonyl (C=O) groups is 5. The summed E-state index contributed by atoms with van der Waals surface area (Å²) in [5.74, 6) is -4.16. The van der Waals surface area contributed by atoms with Crippen molar-refractivity contribution in [3.05, 3.63) is 42.1 Å². The third-order valence-electron chi connectivity index (χ3n) is 5.54. The summed E-state index contributed by atoms with van der Waals surface area (Å²) >= 11 is 0. The van der Waals surface area contributed by atoms with Crippen LogP contribution in [0.25, 0.3) is 10.9 Å². The van der Waals surface area contributed by atoms with Crippen LogP contribution in [0.4, 0.5) is 0 Å². The number of Topliss-reactive ketones (excluding diaryl/α,β-unsaturated/α-hetero) is 1. The van der Waals surface area contributed by atoms with Gasteiger partial charge in [-0.25, -0.2) is 0 Å². The molecule has 1 heterocycles. The number of hydrogen-bond acceptors (Lipinski definition) is 6. The van der Waals surface area contributed by atoms with E-state index < -0.39 is 58.9 Å². The first kappa shape index (κ1) is 27.4. The molecule has 1 aromatic carbocycles. The number of nitrogens with one attached hydrogen (secondary N) is 3. The molecule has 0 saturated heterocycles. The van der Waals surface area contributed by atoms with Crippen molar-refractivity contribution in [3.8, 4) is 0 Å². The summed E-state index contributed by atoms with van der Waals surface area (Å²) in [7, 11) is 0. The van der Waals surface area contributed by atoms with Crippen molar-refractivity contribution in [2.24, 2.45) is 17.1 Å². The average molecular weight is 484 g/mol.